The number of ether oxygens (including phenoxy) is 5. The van der Waals surface area contributed by atoms with E-state index in [1.54, 1.807) is 54.7 Å². The molecule has 0 aromatic heterocycles. The van der Waals surface area contributed by atoms with Crippen LogP contribution in [-0.2, 0) is 37.3 Å². The Morgan fingerprint density at radius 1 is 0.907 bits per heavy atom. The number of hydrogen-bond acceptors (Lipinski definition) is 12. The van der Waals surface area contributed by atoms with Crippen molar-refractivity contribution in [2.24, 2.45) is 17.8 Å². The summed E-state index contributed by atoms with van der Waals surface area (Å²) in [4.78, 5) is 15.2. The standard InChI is InChI=1S/C40H75NO9Si.C14H28O2Si.C5H9.BrH.Mg/c1-20-31(50-51(18,19)37(8,9)10)39(13,44)22-24(2)32(42)25(3)23-40(14,45-17)34(28(6)33-29(7)35(43)49-38(11,12)48-33)47-36-27(5)30(41(15)16)21-26(4)46-36;1-9-11-14(6,15)12(10-2)16-17(7,8)13(3,4)5;1-2-4-5-3-1;;/h22,25-28,30-32,34,36,42,44H,20-21,23H2,1-19H3;12,15H,10H2,1-8H3;1H,2-5H2;1H;/q;;-1;;+2/p-1/b24-22+;;;;/t25-,26?,27?,28+,30?,31-,32?,34-,36?,39+,40-;12-,14+;;;/m11.../s1. The summed E-state index contributed by atoms with van der Waals surface area (Å²) in [5.74, 6) is 3.79. The number of halogens is 1. The molecule has 0 aromatic rings. The Hall–Kier alpha value is -0.370. The van der Waals surface area contributed by atoms with Gasteiger partial charge in [0.1, 0.15) is 17.0 Å². The largest absolute Gasteiger partial charge is 2.00 e. The van der Waals surface area contributed by atoms with Gasteiger partial charge >= 0.3 is 29.0 Å². The topological polar surface area (TPSA) is 146 Å². The van der Waals surface area contributed by atoms with Gasteiger partial charge in [0.25, 0.3) is 0 Å². The molecular weight excluding hydrogens is 1060 g/mol. The second-order valence-corrected chi connectivity index (χ2v) is 35.6. The second-order valence-electron chi connectivity index (χ2n) is 26.1. The number of cyclic esters (lactones) is 1. The average molecular weight is 1170 g/mol. The Balaban J connectivity index is 0. The summed E-state index contributed by atoms with van der Waals surface area (Å²) in [7, 11) is 1.78. The van der Waals surface area contributed by atoms with Crippen LogP contribution in [0.5, 0.6) is 0 Å². The zero-order chi connectivity index (χ0) is 57.1. The number of aliphatic hydroxyl groups is 3. The fourth-order valence-electron chi connectivity index (χ4n) is 9.74. The van der Waals surface area contributed by atoms with Gasteiger partial charge in [-0.1, -0.05) is 94.9 Å². The number of carbonyl (C=O) groups is 1. The van der Waals surface area contributed by atoms with E-state index >= 15 is 0 Å². The summed E-state index contributed by atoms with van der Waals surface area (Å²) in [5, 5.41) is 34.0. The molecule has 75 heavy (non-hydrogen) atoms. The number of carbonyl (C=O) groups excluding carboxylic acids is 1. The molecule has 2 fully saturated rings. The van der Waals surface area contributed by atoms with Gasteiger partial charge in [0.2, 0.25) is 5.79 Å². The number of hydrogen-bond donors (Lipinski definition) is 3. The van der Waals surface area contributed by atoms with Crippen molar-refractivity contribution in [3.05, 3.63) is 29.4 Å². The summed E-state index contributed by atoms with van der Waals surface area (Å²) < 4.78 is 44.6. The fourth-order valence-corrected chi connectivity index (χ4v) is 12.7. The van der Waals surface area contributed by atoms with E-state index in [0.717, 1.165) is 12.8 Å². The Morgan fingerprint density at radius 2 is 1.39 bits per heavy atom. The van der Waals surface area contributed by atoms with Crippen LogP contribution < -0.4 is 17.0 Å². The maximum Gasteiger partial charge on any atom is 2.00 e. The van der Waals surface area contributed by atoms with Crippen LogP contribution in [0.1, 0.15) is 190 Å². The molecule has 16 heteroatoms. The SMILES string of the molecule is CC#C[C@](C)(O)[C@@H](CC)O[Si](C)(C)C(C)(C)C.CC[C@@H](O[Si](C)(C)C(C)(C)C)[C@@](C)(O)/C=C(\C)C(O)[C@H](C)C[C@@](C)(OC)[C@H](OC1OC(C)CC(N(C)C)C1C)[C@@H](C)C1=C(C)C(=O)OC(C)(C)O1.[Br-].[CH-]1CCCC1.[Mg+2]. The van der Waals surface area contributed by atoms with Gasteiger partial charge in [-0.3, -0.25) is 0 Å². The quantitative estimate of drug-likeness (QED) is 0.0351. The summed E-state index contributed by atoms with van der Waals surface area (Å²) in [5.41, 5.74) is -2.29. The van der Waals surface area contributed by atoms with Gasteiger partial charge in [-0.25, -0.2) is 4.79 Å². The number of rotatable bonds is 20. The molecule has 3 N–H and O–H groups in total. The minimum Gasteiger partial charge on any atom is -1.00 e. The Kier molecular flexibility index (Phi) is 31.9. The molecule has 0 radical (unpaired) electrons. The maximum absolute atomic E-state index is 13.0. The van der Waals surface area contributed by atoms with Crippen LogP contribution in [0.4, 0.5) is 0 Å². The fraction of sp³-hybridized carbons (Fsp3) is 0.864. The smallest absolute Gasteiger partial charge is 1.00 e. The third-order valence-corrected chi connectivity index (χ3v) is 25.4. The predicted molar refractivity (Wildman–Crippen MR) is 310 cm³/mol. The van der Waals surface area contributed by atoms with Crippen LogP contribution in [0.25, 0.3) is 0 Å². The van der Waals surface area contributed by atoms with E-state index in [2.05, 4.69) is 119 Å². The molecule has 1 saturated heterocycles. The van der Waals surface area contributed by atoms with Crippen molar-refractivity contribution in [2.45, 2.75) is 292 Å². The molecular formula is C59H112BrMgNO11Si2. The number of esters is 1. The van der Waals surface area contributed by atoms with Crippen molar-refractivity contribution in [3.63, 3.8) is 0 Å². The molecule has 13 atom stereocenters. The third-order valence-electron chi connectivity index (χ3n) is 16.4. The average Bonchev–Trinajstić information content (AvgIpc) is 3.85. The van der Waals surface area contributed by atoms with Crippen molar-refractivity contribution in [3.8, 4) is 11.8 Å². The summed E-state index contributed by atoms with van der Waals surface area (Å²) >= 11 is 0. The van der Waals surface area contributed by atoms with Crippen molar-refractivity contribution >= 4 is 45.7 Å². The maximum atomic E-state index is 13.0. The number of nitrogens with zero attached hydrogens (tertiary/aromatic N) is 1. The zero-order valence-electron chi connectivity index (χ0n) is 52.7. The molecule has 0 aromatic carbocycles. The first-order valence-electron chi connectivity index (χ1n) is 27.6. The molecule has 2 aliphatic heterocycles. The molecule has 2 heterocycles. The van der Waals surface area contributed by atoms with E-state index in [9.17, 15) is 20.1 Å². The van der Waals surface area contributed by atoms with Crippen molar-refractivity contribution in [1.29, 1.82) is 0 Å². The summed E-state index contributed by atoms with van der Waals surface area (Å²) in [6.07, 6.45) is 9.65. The number of aliphatic hydroxyl groups excluding tert-OH is 1. The van der Waals surface area contributed by atoms with E-state index in [1.165, 1.54) is 25.7 Å². The third kappa shape index (κ3) is 22.5. The van der Waals surface area contributed by atoms with Crippen LogP contribution in [0.3, 0.4) is 0 Å². The van der Waals surface area contributed by atoms with Crippen LogP contribution in [0.15, 0.2) is 23.0 Å². The van der Waals surface area contributed by atoms with Crippen molar-refractivity contribution < 1.29 is 69.6 Å². The van der Waals surface area contributed by atoms with Crippen LogP contribution in [-0.4, -0.2) is 153 Å². The molecule has 1 aliphatic carbocycles. The number of methoxy groups -OCH3 is 1. The van der Waals surface area contributed by atoms with Gasteiger partial charge < -0.3 is 76.2 Å². The van der Waals surface area contributed by atoms with E-state index in [1.807, 2.05) is 41.5 Å². The molecule has 0 bridgehead atoms. The molecule has 0 amide bonds. The molecule has 3 rings (SSSR count). The molecule has 3 aliphatic rings. The minimum absolute atomic E-state index is 0. The van der Waals surface area contributed by atoms with Crippen LogP contribution >= 0.6 is 0 Å². The predicted octanol–water partition coefficient (Wildman–Crippen LogP) is 9.53. The van der Waals surface area contributed by atoms with Crippen molar-refractivity contribution in [1.82, 2.24) is 4.90 Å². The van der Waals surface area contributed by atoms with Crippen LogP contribution in [0.2, 0.25) is 36.3 Å². The van der Waals surface area contributed by atoms with Gasteiger partial charge in [0.05, 0.1) is 41.7 Å². The first kappa shape index (κ1) is 76.7. The second kappa shape index (κ2) is 31.2. The van der Waals surface area contributed by atoms with E-state index in [4.69, 9.17) is 32.5 Å². The summed E-state index contributed by atoms with van der Waals surface area (Å²) in [6.45, 7) is 48.4. The monoisotopic (exact) mass is 1170 g/mol. The van der Waals surface area contributed by atoms with E-state index in [0.29, 0.717) is 29.7 Å². The molecule has 436 valence electrons. The molecule has 12 nitrogen and oxygen atoms in total. The normalized spacial score (nSPS) is 25.4. The Bertz CT molecular complexity index is 1840. The first-order chi connectivity index (χ1) is 33.0. The molecule has 5 unspecified atom stereocenters. The van der Waals surface area contributed by atoms with E-state index in [-0.39, 0.29) is 80.2 Å². The molecule has 1 saturated carbocycles. The van der Waals surface area contributed by atoms with E-state index < -0.39 is 75.7 Å². The first-order valence-corrected chi connectivity index (χ1v) is 33.4. The van der Waals surface area contributed by atoms with Crippen LogP contribution in [0, 0.1) is 36.0 Å². The molecule has 0 spiro atoms. The Labute approximate surface area is 488 Å². The van der Waals surface area contributed by atoms with Crippen molar-refractivity contribution in [2.75, 3.05) is 21.2 Å². The van der Waals surface area contributed by atoms with Gasteiger partial charge in [0, 0.05) is 38.8 Å². The van der Waals surface area contributed by atoms with Gasteiger partial charge in [0.15, 0.2) is 22.9 Å². The van der Waals surface area contributed by atoms with Gasteiger partial charge in [-0.05, 0) is 142 Å². The zero-order valence-corrected chi connectivity index (χ0v) is 57.7. The van der Waals surface area contributed by atoms with Gasteiger partial charge in [-0.2, -0.15) is 12.8 Å². The van der Waals surface area contributed by atoms with Gasteiger partial charge in [-0.15, -0.1) is 5.92 Å². The Morgan fingerprint density at radius 3 is 1.79 bits per heavy atom. The minimum atomic E-state index is -2.17. The summed E-state index contributed by atoms with van der Waals surface area (Å²) in [6, 6.07) is 0.234.